The Morgan fingerprint density at radius 3 is 2.10 bits per heavy atom. The Balaban J connectivity index is 2.05. The van der Waals surface area contributed by atoms with Crippen LogP contribution in [0.15, 0.2) is 60.7 Å². The van der Waals surface area contributed by atoms with Gasteiger partial charge in [-0.15, -0.1) is 0 Å². The second-order valence-electron chi connectivity index (χ2n) is 4.40. The molecule has 0 saturated heterocycles. The van der Waals surface area contributed by atoms with Crippen LogP contribution in [0.4, 0.5) is 5.95 Å². The van der Waals surface area contributed by atoms with E-state index in [9.17, 15) is 4.79 Å². The smallest absolute Gasteiger partial charge is 0.230 e. The molecule has 0 spiro atoms. The molecule has 0 fully saturated rings. The molecular weight excluding hydrogens is 264 g/mol. The lowest BCUT2D eigenvalue weighted by Crippen LogP contribution is -2.11. The summed E-state index contributed by atoms with van der Waals surface area (Å²) in [5.74, 6) is 0.194. The molecule has 3 rings (SSSR count). The summed E-state index contributed by atoms with van der Waals surface area (Å²) in [7, 11) is 0. The highest BCUT2D eigenvalue weighted by atomic mass is 16.1. The minimum Gasteiger partial charge on any atom is -0.368 e. The van der Waals surface area contributed by atoms with E-state index in [1.165, 1.54) is 0 Å². The predicted molar refractivity (Wildman–Crippen MR) is 79.5 cm³/mol. The van der Waals surface area contributed by atoms with Crippen molar-refractivity contribution in [3.05, 3.63) is 72.1 Å². The van der Waals surface area contributed by atoms with Crippen molar-refractivity contribution < 1.29 is 4.79 Å². The van der Waals surface area contributed by atoms with Gasteiger partial charge in [-0.25, -0.2) is 4.98 Å². The minimum absolute atomic E-state index is 0.0307. The zero-order valence-corrected chi connectivity index (χ0v) is 11.1. The second-order valence-corrected chi connectivity index (χ2v) is 4.40. The number of ketones is 1. The van der Waals surface area contributed by atoms with Crippen LogP contribution in [0.25, 0.3) is 11.4 Å². The molecule has 0 aliphatic heterocycles. The molecule has 0 unspecified atom stereocenters. The van der Waals surface area contributed by atoms with Crippen LogP contribution in [0, 0.1) is 0 Å². The van der Waals surface area contributed by atoms with Crippen molar-refractivity contribution in [1.29, 1.82) is 0 Å². The molecule has 5 heteroatoms. The number of carbonyl (C=O) groups is 1. The van der Waals surface area contributed by atoms with Gasteiger partial charge < -0.3 is 5.73 Å². The Kier molecular flexibility index (Phi) is 3.39. The highest BCUT2D eigenvalue weighted by Gasteiger charge is 2.15. The SMILES string of the molecule is Nc1nc(C(=O)c2ccccc2)nc(-c2ccccc2)n1. The number of anilines is 1. The van der Waals surface area contributed by atoms with Gasteiger partial charge in [0.15, 0.2) is 5.82 Å². The molecule has 0 aliphatic carbocycles. The summed E-state index contributed by atoms with van der Waals surface area (Å²) < 4.78 is 0. The quantitative estimate of drug-likeness (QED) is 0.742. The third kappa shape index (κ3) is 2.76. The fourth-order valence-electron chi connectivity index (χ4n) is 1.93. The van der Waals surface area contributed by atoms with E-state index in [2.05, 4.69) is 15.0 Å². The number of nitrogen functional groups attached to an aromatic ring is 1. The minimum atomic E-state index is -0.276. The van der Waals surface area contributed by atoms with Gasteiger partial charge in [0.2, 0.25) is 17.6 Å². The maximum Gasteiger partial charge on any atom is 0.230 e. The van der Waals surface area contributed by atoms with E-state index in [4.69, 9.17) is 5.73 Å². The van der Waals surface area contributed by atoms with Crippen LogP contribution in [0.3, 0.4) is 0 Å². The van der Waals surface area contributed by atoms with E-state index < -0.39 is 0 Å². The van der Waals surface area contributed by atoms with Crippen molar-refractivity contribution in [3.8, 4) is 11.4 Å². The number of nitrogens with two attached hydrogens (primary N) is 1. The summed E-state index contributed by atoms with van der Waals surface area (Å²) in [5.41, 5.74) is 7.00. The van der Waals surface area contributed by atoms with Gasteiger partial charge >= 0.3 is 0 Å². The van der Waals surface area contributed by atoms with E-state index in [0.29, 0.717) is 11.4 Å². The highest BCUT2D eigenvalue weighted by Crippen LogP contribution is 2.16. The fourth-order valence-corrected chi connectivity index (χ4v) is 1.93. The van der Waals surface area contributed by atoms with Gasteiger partial charge in [-0.2, -0.15) is 9.97 Å². The molecule has 2 N–H and O–H groups in total. The van der Waals surface area contributed by atoms with Crippen LogP contribution in [0.5, 0.6) is 0 Å². The molecule has 0 amide bonds. The molecule has 0 bridgehead atoms. The summed E-state index contributed by atoms with van der Waals surface area (Å²) in [5, 5.41) is 0. The van der Waals surface area contributed by atoms with Crippen molar-refractivity contribution in [2.45, 2.75) is 0 Å². The maximum absolute atomic E-state index is 12.4. The Morgan fingerprint density at radius 2 is 1.43 bits per heavy atom. The van der Waals surface area contributed by atoms with Crippen molar-refractivity contribution in [3.63, 3.8) is 0 Å². The van der Waals surface area contributed by atoms with Crippen LogP contribution in [-0.4, -0.2) is 20.7 Å². The van der Waals surface area contributed by atoms with Gasteiger partial charge in [0, 0.05) is 11.1 Å². The molecule has 1 aromatic heterocycles. The number of aromatic nitrogens is 3. The number of rotatable bonds is 3. The van der Waals surface area contributed by atoms with Crippen molar-refractivity contribution >= 4 is 11.7 Å². The molecular formula is C16H12N4O. The monoisotopic (exact) mass is 276 g/mol. The van der Waals surface area contributed by atoms with E-state index >= 15 is 0 Å². The summed E-state index contributed by atoms with van der Waals surface area (Å²) in [6, 6.07) is 18.2. The summed E-state index contributed by atoms with van der Waals surface area (Å²) in [6.45, 7) is 0. The van der Waals surface area contributed by atoms with E-state index in [1.54, 1.807) is 24.3 Å². The average Bonchev–Trinajstić information content (AvgIpc) is 2.55. The lowest BCUT2D eigenvalue weighted by atomic mass is 10.1. The lowest BCUT2D eigenvalue weighted by Gasteiger charge is -2.04. The van der Waals surface area contributed by atoms with Gasteiger partial charge in [-0.1, -0.05) is 60.7 Å². The Labute approximate surface area is 121 Å². The number of nitrogens with zero attached hydrogens (tertiary/aromatic N) is 3. The molecule has 0 radical (unpaired) electrons. The van der Waals surface area contributed by atoms with Gasteiger partial charge in [0.1, 0.15) is 0 Å². The number of carbonyl (C=O) groups excluding carboxylic acids is 1. The first-order chi connectivity index (χ1) is 10.2. The molecule has 5 nitrogen and oxygen atoms in total. The number of hydrogen-bond donors (Lipinski definition) is 1. The van der Waals surface area contributed by atoms with E-state index in [-0.39, 0.29) is 17.6 Å². The summed E-state index contributed by atoms with van der Waals surface area (Å²) >= 11 is 0. The van der Waals surface area contributed by atoms with Crippen LogP contribution in [0.2, 0.25) is 0 Å². The Hall–Kier alpha value is -3.08. The first-order valence-electron chi connectivity index (χ1n) is 6.41. The highest BCUT2D eigenvalue weighted by molar-refractivity contribution is 6.06. The molecule has 0 saturated carbocycles. The van der Waals surface area contributed by atoms with Crippen LogP contribution >= 0.6 is 0 Å². The van der Waals surface area contributed by atoms with Crippen LogP contribution < -0.4 is 5.73 Å². The topological polar surface area (TPSA) is 81.8 Å². The molecule has 1 heterocycles. The molecule has 0 atom stereocenters. The van der Waals surface area contributed by atoms with Crippen LogP contribution in [0.1, 0.15) is 16.2 Å². The fraction of sp³-hybridized carbons (Fsp3) is 0. The van der Waals surface area contributed by atoms with Gasteiger partial charge in [-0.05, 0) is 0 Å². The third-order valence-electron chi connectivity index (χ3n) is 2.92. The van der Waals surface area contributed by atoms with Gasteiger partial charge in [-0.3, -0.25) is 4.79 Å². The molecule has 2 aromatic carbocycles. The average molecular weight is 276 g/mol. The second kappa shape index (κ2) is 5.50. The first-order valence-corrected chi connectivity index (χ1v) is 6.41. The standard InChI is InChI=1S/C16H12N4O/c17-16-19-14(12-9-5-2-6-10-12)18-15(20-16)13(21)11-7-3-1-4-8-11/h1-10H,(H2,17,18,19,20). The number of benzene rings is 2. The number of hydrogen-bond acceptors (Lipinski definition) is 5. The Bertz CT molecular complexity index is 773. The van der Waals surface area contributed by atoms with Gasteiger partial charge in [0.05, 0.1) is 0 Å². The van der Waals surface area contributed by atoms with Crippen molar-refractivity contribution in [2.75, 3.05) is 5.73 Å². The third-order valence-corrected chi connectivity index (χ3v) is 2.92. The lowest BCUT2D eigenvalue weighted by molar-refractivity contribution is 0.102. The molecule has 3 aromatic rings. The first kappa shape index (κ1) is 12.9. The van der Waals surface area contributed by atoms with Crippen molar-refractivity contribution in [2.24, 2.45) is 0 Å². The largest absolute Gasteiger partial charge is 0.368 e. The molecule has 21 heavy (non-hydrogen) atoms. The zero-order chi connectivity index (χ0) is 14.7. The van der Waals surface area contributed by atoms with Gasteiger partial charge in [0.25, 0.3) is 0 Å². The van der Waals surface area contributed by atoms with Crippen LogP contribution in [-0.2, 0) is 0 Å². The summed E-state index contributed by atoms with van der Waals surface area (Å²) in [6.07, 6.45) is 0. The van der Waals surface area contributed by atoms with E-state index in [1.807, 2.05) is 36.4 Å². The molecule has 0 aliphatic rings. The maximum atomic E-state index is 12.4. The summed E-state index contributed by atoms with van der Waals surface area (Å²) in [4.78, 5) is 24.6. The van der Waals surface area contributed by atoms with Crippen molar-refractivity contribution in [1.82, 2.24) is 15.0 Å². The normalized spacial score (nSPS) is 10.3. The zero-order valence-electron chi connectivity index (χ0n) is 11.1. The molecule has 102 valence electrons. The van der Waals surface area contributed by atoms with E-state index in [0.717, 1.165) is 5.56 Å². The predicted octanol–water partition coefficient (Wildman–Crippen LogP) is 2.35. The Morgan fingerprint density at radius 1 is 0.810 bits per heavy atom.